The van der Waals surface area contributed by atoms with Gasteiger partial charge in [-0.05, 0) is 12.8 Å². The zero-order valence-electron chi connectivity index (χ0n) is 8.14. The van der Waals surface area contributed by atoms with Crippen molar-refractivity contribution in [1.82, 2.24) is 5.43 Å². The van der Waals surface area contributed by atoms with Gasteiger partial charge in [0.1, 0.15) is 0 Å². The topological polar surface area (TPSA) is 44.6 Å². The lowest BCUT2D eigenvalue weighted by atomic mass is 10.1. The van der Waals surface area contributed by atoms with Gasteiger partial charge in [0.05, 0.1) is 13.2 Å². The number of rotatable bonds is 7. The Morgan fingerprint density at radius 1 is 1.25 bits per heavy atom. The summed E-state index contributed by atoms with van der Waals surface area (Å²) in [5.74, 6) is 0. The normalized spacial score (nSPS) is 9.58. The molecule has 0 spiro atoms. The molecule has 0 saturated heterocycles. The van der Waals surface area contributed by atoms with Crippen molar-refractivity contribution >= 4 is 5.71 Å². The Balaban J connectivity index is 3.64. The van der Waals surface area contributed by atoms with E-state index in [2.05, 4.69) is 24.4 Å². The first-order valence-electron chi connectivity index (χ1n) is 4.74. The molecule has 2 N–H and O–H groups in total. The van der Waals surface area contributed by atoms with Gasteiger partial charge in [-0.3, -0.25) is 0 Å². The third kappa shape index (κ3) is 6.16. The molecular formula is C9H20N2O. The highest BCUT2D eigenvalue weighted by Gasteiger charge is 1.95. The molecule has 0 fully saturated rings. The van der Waals surface area contributed by atoms with E-state index in [0.29, 0.717) is 6.54 Å². The molecule has 0 bridgehead atoms. The standard InChI is InChI=1S/C9H20N2O/c1-3-5-9(6-4-2)11-10-7-8-12/h10,12H,3-8H2,1-2H3. The van der Waals surface area contributed by atoms with Crippen LogP contribution in [0.2, 0.25) is 0 Å². The third-order valence-electron chi connectivity index (χ3n) is 1.54. The summed E-state index contributed by atoms with van der Waals surface area (Å²) in [6.45, 7) is 5.00. The SMILES string of the molecule is CCCC(CCC)=NNCCO. The van der Waals surface area contributed by atoms with E-state index in [9.17, 15) is 0 Å². The first-order valence-corrected chi connectivity index (χ1v) is 4.74. The minimum absolute atomic E-state index is 0.148. The molecule has 3 nitrogen and oxygen atoms in total. The zero-order valence-corrected chi connectivity index (χ0v) is 8.14. The Labute approximate surface area is 74.9 Å². The van der Waals surface area contributed by atoms with Gasteiger partial charge in [-0.2, -0.15) is 5.10 Å². The van der Waals surface area contributed by atoms with E-state index in [-0.39, 0.29) is 6.61 Å². The average molecular weight is 172 g/mol. The molecule has 0 aromatic rings. The first kappa shape index (κ1) is 11.4. The number of hydrazone groups is 1. The van der Waals surface area contributed by atoms with Crippen molar-refractivity contribution in [2.75, 3.05) is 13.2 Å². The fourth-order valence-electron chi connectivity index (χ4n) is 1.03. The summed E-state index contributed by atoms with van der Waals surface area (Å²) in [5.41, 5.74) is 4.06. The third-order valence-corrected chi connectivity index (χ3v) is 1.54. The summed E-state index contributed by atoms with van der Waals surface area (Å²) >= 11 is 0. The molecule has 0 unspecified atom stereocenters. The summed E-state index contributed by atoms with van der Waals surface area (Å²) in [6, 6.07) is 0. The van der Waals surface area contributed by atoms with E-state index in [0.717, 1.165) is 25.7 Å². The highest BCUT2D eigenvalue weighted by molar-refractivity contribution is 5.84. The van der Waals surface area contributed by atoms with Crippen LogP contribution in [0.1, 0.15) is 39.5 Å². The zero-order chi connectivity index (χ0) is 9.23. The minimum Gasteiger partial charge on any atom is -0.394 e. The molecule has 0 saturated carbocycles. The maximum atomic E-state index is 8.51. The van der Waals surface area contributed by atoms with Crippen LogP contribution in [0.4, 0.5) is 0 Å². The van der Waals surface area contributed by atoms with Crippen molar-refractivity contribution in [2.24, 2.45) is 5.10 Å². The molecular weight excluding hydrogens is 152 g/mol. The number of aliphatic hydroxyl groups is 1. The van der Waals surface area contributed by atoms with Gasteiger partial charge < -0.3 is 10.5 Å². The summed E-state index contributed by atoms with van der Waals surface area (Å²) in [6.07, 6.45) is 4.40. The molecule has 0 atom stereocenters. The van der Waals surface area contributed by atoms with Gasteiger partial charge in [0.2, 0.25) is 0 Å². The van der Waals surface area contributed by atoms with Crippen LogP contribution in [0.25, 0.3) is 0 Å². The second-order valence-corrected chi connectivity index (χ2v) is 2.81. The molecule has 0 radical (unpaired) electrons. The van der Waals surface area contributed by atoms with Crippen LogP contribution < -0.4 is 5.43 Å². The predicted octanol–water partition coefficient (Wildman–Crippen LogP) is 1.52. The average Bonchev–Trinajstić information content (AvgIpc) is 2.06. The van der Waals surface area contributed by atoms with Crippen molar-refractivity contribution in [2.45, 2.75) is 39.5 Å². The van der Waals surface area contributed by atoms with E-state index in [4.69, 9.17) is 5.11 Å². The first-order chi connectivity index (χ1) is 5.85. The van der Waals surface area contributed by atoms with E-state index in [1.165, 1.54) is 5.71 Å². The largest absolute Gasteiger partial charge is 0.394 e. The fourth-order valence-corrected chi connectivity index (χ4v) is 1.03. The number of hydrogen-bond donors (Lipinski definition) is 2. The van der Waals surface area contributed by atoms with Crippen LogP contribution in [0.3, 0.4) is 0 Å². The van der Waals surface area contributed by atoms with Gasteiger partial charge in [-0.15, -0.1) is 0 Å². The van der Waals surface area contributed by atoms with Crippen LogP contribution in [-0.2, 0) is 0 Å². The summed E-state index contributed by atoms with van der Waals surface area (Å²) in [5, 5.41) is 12.7. The van der Waals surface area contributed by atoms with Gasteiger partial charge in [0.15, 0.2) is 0 Å². The molecule has 0 aromatic heterocycles. The van der Waals surface area contributed by atoms with E-state index >= 15 is 0 Å². The fraction of sp³-hybridized carbons (Fsp3) is 0.889. The van der Waals surface area contributed by atoms with Gasteiger partial charge in [-0.1, -0.05) is 26.7 Å². The van der Waals surface area contributed by atoms with Gasteiger partial charge in [0, 0.05) is 5.71 Å². The lowest BCUT2D eigenvalue weighted by Gasteiger charge is -2.03. The van der Waals surface area contributed by atoms with Crippen molar-refractivity contribution in [1.29, 1.82) is 0 Å². The van der Waals surface area contributed by atoms with Crippen LogP contribution in [0.15, 0.2) is 5.10 Å². The van der Waals surface area contributed by atoms with Gasteiger partial charge in [0.25, 0.3) is 0 Å². The van der Waals surface area contributed by atoms with Crippen molar-refractivity contribution < 1.29 is 5.11 Å². The molecule has 0 rings (SSSR count). The highest BCUT2D eigenvalue weighted by atomic mass is 16.3. The van der Waals surface area contributed by atoms with Gasteiger partial charge >= 0.3 is 0 Å². The molecule has 12 heavy (non-hydrogen) atoms. The molecule has 0 aliphatic heterocycles. The minimum atomic E-state index is 0.148. The van der Waals surface area contributed by atoms with E-state index < -0.39 is 0 Å². The molecule has 0 aliphatic rings. The summed E-state index contributed by atoms with van der Waals surface area (Å²) < 4.78 is 0. The van der Waals surface area contributed by atoms with E-state index in [1.54, 1.807) is 0 Å². The van der Waals surface area contributed by atoms with Crippen molar-refractivity contribution in [3.63, 3.8) is 0 Å². The Bertz CT molecular complexity index is 116. The number of aliphatic hydroxyl groups excluding tert-OH is 1. The summed E-state index contributed by atoms with van der Waals surface area (Å²) in [4.78, 5) is 0. The van der Waals surface area contributed by atoms with Crippen LogP contribution >= 0.6 is 0 Å². The number of hydrogen-bond acceptors (Lipinski definition) is 3. The maximum absolute atomic E-state index is 8.51. The molecule has 0 aliphatic carbocycles. The predicted molar refractivity (Wildman–Crippen MR) is 52.3 cm³/mol. The lowest BCUT2D eigenvalue weighted by molar-refractivity contribution is 0.293. The second-order valence-electron chi connectivity index (χ2n) is 2.81. The van der Waals surface area contributed by atoms with Crippen LogP contribution in [0.5, 0.6) is 0 Å². The van der Waals surface area contributed by atoms with E-state index in [1.807, 2.05) is 0 Å². The molecule has 0 heterocycles. The Hall–Kier alpha value is -0.570. The Morgan fingerprint density at radius 3 is 2.25 bits per heavy atom. The quantitative estimate of drug-likeness (QED) is 0.347. The Morgan fingerprint density at radius 2 is 1.83 bits per heavy atom. The molecule has 0 aromatic carbocycles. The number of nitrogens with one attached hydrogen (secondary N) is 1. The van der Waals surface area contributed by atoms with Crippen molar-refractivity contribution in [3.8, 4) is 0 Å². The number of nitrogens with zero attached hydrogens (tertiary/aromatic N) is 1. The van der Waals surface area contributed by atoms with Crippen LogP contribution in [-0.4, -0.2) is 24.0 Å². The maximum Gasteiger partial charge on any atom is 0.0620 e. The molecule has 0 amide bonds. The highest BCUT2D eigenvalue weighted by Crippen LogP contribution is 1.99. The Kier molecular flexibility index (Phi) is 8.12. The second kappa shape index (κ2) is 8.53. The lowest BCUT2D eigenvalue weighted by Crippen LogP contribution is -2.14. The van der Waals surface area contributed by atoms with Crippen LogP contribution in [0, 0.1) is 0 Å². The van der Waals surface area contributed by atoms with Crippen molar-refractivity contribution in [3.05, 3.63) is 0 Å². The molecule has 72 valence electrons. The monoisotopic (exact) mass is 172 g/mol. The smallest absolute Gasteiger partial charge is 0.0620 e. The molecule has 3 heteroatoms. The summed E-state index contributed by atoms with van der Waals surface area (Å²) in [7, 11) is 0. The van der Waals surface area contributed by atoms with Gasteiger partial charge in [-0.25, -0.2) is 0 Å².